The molecular weight excluding hydrogens is 300 g/mol. The molecule has 0 amide bonds. The zero-order valence-electron chi connectivity index (χ0n) is 11.4. The van der Waals surface area contributed by atoms with Crippen molar-refractivity contribution in [2.75, 3.05) is 13.2 Å². The molecule has 104 valence electrons. The van der Waals surface area contributed by atoms with Crippen LogP contribution < -0.4 is 0 Å². The first-order chi connectivity index (χ1) is 8.32. The summed E-state index contributed by atoms with van der Waals surface area (Å²) in [6, 6.07) is 0. The molecule has 0 spiro atoms. The lowest BCUT2D eigenvalue weighted by atomic mass is 9.81. The van der Waals surface area contributed by atoms with E-state index in [0.717, 1.165) is 0 Å². The molecule has 0 aliphatic heterocycles. The molecule has 2 unspecified atom stereocenters. The van der Waals surface area contributed by atoms with Gasteiger partial charge in [0.25, 0.3) is 0 Å². The Bertz CT molecular complexity index is 312. The molecule has 0 saturated heterocycles. The third-order valence-corrected chi connectivity index (χ3v) is 5.79. The van der Waals surface area contributed by atoms with Crippen molar-refractivity contribution in [2.24, 2.45) is 10.8 Å². The van der Waals surface area contributed by atoms with E-state index in [1.165, 1.54) is 0 Å². The average molecular weight is 321 g/mol. The topological polar surface area (TPSA) is 52.6 Å². The molecule has 0 N–H and O–H groups in total. The van der Waals surface area contributed by atoms with Gasteiger partial charge in [0.05, 0.1) is 24.0 Å². The second kappa shape index (κ2) is 5.59. The summed E-state index contributed by atoms with van der Waals surface area (Å²) in [4.78, 5) is 23.8. The number of rotatable bonds is 4. The summed E-state index contributed by atoms with van der Waals surface area (Å²) in [7, 11) is 0. The molecular formula is C13H21BrO4. The Hall–Kier alpha value is -0.580. The number of carbonyl (C=O) groups excluding carboxylic acids is 2. The molecule has 0 aromatic rings. The summed E-state index contributed by atoms with van der Waals surface area (Å²) < 4.78 is 10.2. The molecule has 0 heterocycles. The van der Waals surface area contributed by atoms with E-state index >= 15 is 0 Å². The highest BCUT2D eigenvalue weighted by molar-refractivity contribution is 9.09. The lowest BCUT2D eigenvalue weighted by Gasteiger charge is -2.32. The van der Waals surface area contributed by atoms with Crippen LogP contribution in [0.1, 0.15) is 40.5 Å². The van der Waals surface area contributed by atoms with Crippen LogP contribution in [-0.4, -0.2) is 30.0 Å². The highest BCUT2D eigenvalue weighted by Crippen LogP contribution is 2.54. The lowest BCUT2D eigenvalue weighted by Crippen LogP contribution is -2.43. The van der Waals surface area contributed by atoms with E-state index in [1.807, 2.05) is 13.8 Å². The van der Waals surface area contributed by atoms with Gasteiger partial charge in [-0.05, 0) is 40.5 Å². The lowest BCUT2D eigenvalue weighted by molar-refractivity contribution is -0.157. The number of ether oxygens (including phenoxy) is 2. The highest BCUT2D eigenvalue weighted by atomic mass is 79.9. The van der Waals surface area contributed by atoms with Gasteiger partial charge in [-0.15, -0.1) is 0 Å². The van der Waals surface area contributed by atoms with Crippen molar-refractivity contribution < 1.29 is 19.1 Å². The zero-order valence-corrected chi connectivity index (χ0v) is 13.0. The number of alkyl halides is 1. The average Bonchev–Trinajstić information content (AvgIpc) is 2.57. The monoisotopic (exact) mass is 320 g/mol. The minimum Gasteiger partial charge on any atom is -0.466 e. The van der Waals surface area contributed by atoms with E-state index in [2.05, 4.69) is 15.9 Å². The largest absolute Gasteiger partial charge is 0.466 e. The first-order valence-corrected chi connectivity index (χ1v) is 7.23. The standard InChI is InChI=1S/C13H21BrO4/c1-5-17-10(15)12(3)7-8-13(4,9(12)14)11(16)18-6-2/h9H,5-8H2,1-4H3. The van der Waals surface area contributed by atoms with Crippen LogP contribution in [0.15, 0.2) is 0 Å². The molecule has 0 aromatic carbocycles. The fourth-order valence-electron chi connectivity index (χ4n) is 2.48. The molecule has 4 nitrogen and oxygen atoms in total. The molecule has 1 rings (SSSR count). The third-order valence-electron chi connectivity index (χ3n) is 3.77. The maximum atomic E-state index is 12.0. The number of esters is 2. The van der Waals surface area contributed by atoms with E-state index < -0.39 is 10.8 Å². The van der Waals surface area contributed by atoms with Crippen molar-refractivity contribution >= 4 is 27.9 Å². The van der Waals surface area contributed by atoms with Gasteiger partial charge in [0, 0.05) is 4.83 Å². The smallest absolute Gasteiger partial charge is 0.312 e. The first-order valence-electron chi connectivity index (χ1n) is 6.31. The van der Waals surface area contributed by atoms with Gasteiger partial charge in [-0.3, -0.25) is 9.59 Å². The van der Waals surface area contributed by atoms with Crippen LogP contribution in [0.5, 0.6) is 0 Å². The van der Waals surface area contributed by atoms with Crippen LogP contribution in [0.25, 0.3) is 0 Å². The first kappa shape index (κ1) is 15.5. The van der Waals surface area contributed by atoms with Gasteiger partial charge in [0.1, 0.15) is 0 Å². The number of halogens is 1. The molecule has 2 atom stereocenters. The summed E-state index contributed by atoms with van der Waals surface area (Å²) >= 11 is 3.52. The molecule has 0 bridgehead atoms. The Kier molecular flexibility index (Phi) is 4.81. The predicted molar refractivity (Wildman–Crippen MR) is 71.4 cm³/mol. The molecule has 1 fully saturated rings. The fraction of sp³-hybridized carbons (Fsp3) is 0.846. The maximum Gasteiger partial charge on any atom is 0.312 e. The Morgan fingerprint density at radius 3 is 1.67 bits per heavy atom. The normalized spacial score (nSPS) is 35.3. The Balaban J connectivity index is 2.92. The molecule has 5 heteroatoms. The van der Waals surface area contributed by atoms with Gasteiger partial charge in [-0.1, -0.05) is 15.9 Å². The summed E-state index contributed by atoms with van der Waals surface area (Å²) in [6.07, 6.45) is 1.24. The van der Waals surface area contributed by atoms with Gasteiger partial charge in [-0.2, -0.15) is 0 Å². The number of carbonyl (C=O) groups is 2. The van der Waals surface area contributed by atoms with Gasteiger partial charge in [-0.25, -0.2) is 0 Å². The molecule has 18 heavy (non-hydrogen) atoms. The van der Waals surface area contributed by atoms with Crippen molar-refractivity contribution in [3.8, 4) is 0 Å². The van der Waals surface area contributed by atoms with E-state index in [0.29, 0.717) is 26.1 Å². The van der Waals surface area contributed by atoms with E-state index in [9.17, 15) is 9.59 Å². The fourth-order valence-corrected chi connectivity index (χ4v) is 3.31. The molecule has 1 aliphatic rings. The van der Waals surface area contributed by atoms with Crippen LogP contribution >= 0.6 is 15.9 Å². The van der Waals surface area contributed by atoms with Gasteiger partial charge in [0.15, 0.2) is 0 Å². The third kappa shape index (κ3) is 2.42. The van der Waals surface area contributed by atoms with Crippen molar-refractivity contribution in [1.29, 1.82) is 0 Å². The van der Waals surface area contributed by atoms with E-state index in [-0.39, 0.29) is 16.8 Å². The van der Waals surface area contributed by atoms with E-state index in [4.69, 9.17) is 9.47 Å². The highest BCUT2D eigenvalue weighted by Gasteiger charge is 2.59. The van der Waals surface area contributed by atoms with Crippen LogP contribution in [0.3, 0.4) is 0 Å². The van der Waals surface area contributed by atoms with Crippen LogP contribution in [0.2, 0.25) is 0 Å². The molecule has 0 radical (unpaired) electrons. The van der Waals surface area contributed by atoms with Crippen molar-refractivity contribution in [3.63, 3.8) is 0 Å². The van der Waals surface area contributed by atoms with Crippen LogP contribution in [-0.2, 0) is 19.1 Å². The van der Waals surface area contributed by atoms with Gasteiger partial charge in [0.2, 0.25) is 0 Å². The minimum atomic E-state index is -0.669. The van der Waals surface area contributed by atoms with Crippen molar-refractivity contribution in [2.45, 2.75) is 45.4 Å². The second-order valence-corrected chi connectivity index (χ2v) is 6.05. The second-order valence-electron chi connectivity index (χ2n) is 5.14. The summed E-state index contributed by atoms with van der Waals surface area (Å²) in [6.45, 7) is 7.95. The molecule has 1 aliphatic carbocycles. The Labute approximate surface area is 117 Å². The number of hydrogen-bond acceptors (Lipinski definition) is 4. The number of hydrogen-bond donors (Lipinski definition) is 0. The maximum absolute atomic E-state index is 12.0. The molecule has 0 aromatic heterocycles. The zero-order chi connectivity index (χ0) is 14.0. The summed E-state index contributed by atoms with van der Waals surface area (Å²) in [5.41, 5.74) is -1.34. The SMILES string of the molecule is CCOC(=O)C1(C)CCC(C)(C(=O)OCC)C1Br. The van der Waals surface area contributed by atoms with E-state index in [1.54, 1.807) is 13.8 Å². The van der Waals surface area contributed by atoms with Crippen molar-refractivity contribution in [1.82, 2.24) is 0 Å². The quantitative estimate of drug-likeness (QED) is 0.590. The Morgan fingerprint density at radius 1 is 1.06 bits per heavy atom. The Morgan fingerprint density at radius 2 is 1.39 bits per heavy atom. The summed E-state index contributed by atoms with van der Waals surface area (Å²) in [5, 5.41) is 0. The van der Waals surface area contributed by atoms with Gasteiger partial charge < -0.3 is 9.47 Å². The van der Waals surface area contributed by atoms with Gasteiger partial charge >= 0.3 is 11.9 Å². The van der Waals surface area contributed by atoms with Crippen molar-refractivity contribution in [3.05, 3.63) is 0 Å². The predicted octanol–water partition coefficient (Wildman–Crippen LogP) is 2.68. The van der Waals surface area contributed by atoms with Crippen LogP contribution in [0.4, 0.5) is 0 Å². The summed E-state index contributed by atoms with van der Waals surface area (Å²) in [5.74, 6) is -0.500. The minimum absolute atomic E-state index is 0.250. The molecule has 1 saturated carbocycles. The van der Waals surface area contributed by atoms with Crippen LogP contribution in [0, 0.1) is 10.8 Å².